The minimum atomic E-state index is 0.278. The van der Waals surface area contributed by atoms with E-state index in [2.05, 4.69) is 53.0 Å². The molecule has 0 unspecified atom stereocenters. The highest BCUT2D eigenvalue weighted by Crippen LogP contribution is 2.17. The molecule has 20 heavy (non-hydrogen) atoms. The monoisotopic (exact) mass is 270 g/mol. The van der Waals surface area contributed by atoms with Crippen LogP contribution in [0.5, 0.6) is 0 Å². The number of likely N-dealkylation sites (N-methyl/N-ethyl adjacent to an activating group) is 1. The Morgan fingerprint density at radius 3 is 2.50 bits per heavy atom. The summed E-state index contributed by atoms with van der Waals surface area (Å²) in [4.78, 5) is 11.0. The van der Waals surface area contributed by atoms with Crippen molar-refractivity contribution < 1.29 is 0 Å². The molecule has 1 heterocycles. The maximum absolute atomic E-state index is 5.86. The number of nitrogens with zero attached hydrogens (tertiary/aromatic N) is 3. The summed E-state index contributed by atoms with van der Waals surface area (Å²) in [6.45, 7) is 5.04. The van der Waals surface area contributed by atoms with Crippen LogP contribution in [0, 0.1) is 0 Å². The average molecular weight is 270 g/mol. The van der Waals surface area contributed by atoms with Gasteiger partial charge >= 0.3 is 0 Å². The van der Waals surface area contributed by atoms with Crippen LogP contribution in [-0.4, -0.2) is 23.6 Å². The predicted octanol–water partition coefficient (Wildman–Crippen LogP) is 2.86. The molecule has 0 amide bonds. The van der Waals surface area contributed by atoms with E-state index in [4.69, 9.17) is 5.73 Å². The lowest BCUT2D eigenvalue weighted by Crippen LogP contribution is -2.22. The third-order valence-corrected chi connectivity index (χ3v) is 3.24. The number of rotatable bonds is 5. The van der Waals surface area contributed by atoms with Gasteiger partial charge in [-0.2, -0.15) is 0 Å². The Bertz CT molecular complexity index is 552. The van der Waals surface area contributed by atoms with Crippen molar-refractivity contribution in [3.8, 4) is 0 Å². The van der Waals surface area contributed by atoms with Gasteiger partial charge in [0.05, 0.1) is 0 Å². The topological polar surface area (TPSA) is 55.0 Å². The fraction of sp³-hybridized carbons (Fsp3) is 0.375. The van der Waals surface area contributed by atoms with Gasteiger partial charge in [-0.1, -0.05) is 44.2 Å². The van der Waals surface area contributed by atoms with Gasteiger partial charge < -0.3 is 10.6 Å². The number of hydrogen-bond acceptors (Lipinski definition) is 4. The molecule has 0 fully saturated rings. The highest BCUT2D eigenvalue weighted by molar-refractivity contribution is 5.46. The second kappa shape index (κ2) is 6.37. The largest absolute Gasteiger partial charge is 0.384 e. The van der Waals surface area contributed by atoms with Crippen LogP contribution in [0.25, 0.3) is 0 Å². The number of benzene rings is 1. The predicted molar refractivity (Wildman–Crippen MR) is 83.9 cm³/mol. The van der Waals surface area contributed by atoms with Crippen molar-refractivity contribution in [1.29, 1.82) is 0 Å². The lowest BCUT2D eigenvalue weighted by molar-refractivity contribution is 0.763. The maximum Gasteiger partial charge on any atom is 0.135 e. The molecule has 0 spiro atoms. The summed E-state index contributed by atoms with van der Waals surface area (Å²) < 4.78 is 0. The van der Waals surface area contributed by atoms with Gasteiger partial charge in [-0.25, -0.2) is 9.97 Å². The van der Waals surface area contributed by atoms with Crippen molar-refractivity contribution in [3.63, 3.8) is 0 Å². The van der Waals surface area contributed by atoms with E-state index >= 15 is 0 Å². The molecule has 0 bridgehead atoms. The lowest BCUT2D eigenvalue weighted by atomic mass is 10.1. The first-order valence-electron chi connectivity index (χ1n) is 6.96. The molecule has 0 atom stereocenters. The number of nitrogens with two attached hydrogens (primary N) is 1. The maximum atomic E-state index is 5.86. The van der Waals surface area contributed by atoms with Gasteiger partial charge in [0.2, 0.25) is 0 Å². The molecule has 4 nitrogen and oxygen atoms in total. The average Bonchev–Trinajstić information content (AvgIpc) is 2.45. The first kappa shape index (κ1) is 14.3. The molecule has 106 valence electrons. The molecule has 0 saturated heterocycles. The van der Waals surface area contributed by atoms with E-state index in [0.717, 1.165) is 24.6 Å². The summed E-state index contributed by atoms with van der Waals surface area (Å²) in [6, 6.07) is 12.3. The smallest absolute Gasteiger partial charge is 0.135 e. The minimum Gasteiger partial charge on any atom is -0.384 e. The number of aromatic nitrogens is 2. The highest BCUT2D eigenvalue weighted by atomic mass is 15.2. The fourth-order valence-corrected chi connectivity index (χ4v) is 1.98. The van der Waals surface area contributed by atoms with Crippen LogP contribution in [0.1, 0.15) is 31.2 Å². The quantitative estimate of drug-likeness (QED) is 0.907. The van der Waals surface area contributed by atoms with E-state index in [0.29, 0.717) is 5.82 Å². The summed E-state index contributed by atoms with van der Waals surface area (Å²) in [6.07, 6.45) is 0.984. The van der Waals surface area contributed by atoms with Crippen LogP contribution >= 0.6 is 0 Å². The summed E-state index contributed by atoms with van der Waals surface area (Å²) in [5.74, 6) is 2.49. The van der Waals surface area contributed by atoms with Crippen LogP contribution in [0.15, 0.2) is 36.4 Å². The Balaban J connectivity index is 2.07. The van der Waals surface area contributed by atoms with E-state index in [1.165, 1.54) is 5.56 Å². The second-order valence-electron chi connectivity index (χ2n) is 5.32. The van der Waals surface area contributed by atoms with Gasteiger partial charge in [0.1, 0.15) is 17.5 Å². The molecule has 4 heteroatoms. The standard InChI is InChI=1S/C16H22N4/c1-12(2)16-18-14(17)11-15(19-16)20(3)10-9-13-7-5-4-6-8-13/h4-8,11-12H,9-10H2,1-3H3,(H2,17,18,19). The second-order valence-corrected chi connectivity index (χ2v) is 5.32. The van der Waals surface area contributed by atoms with Gasteiger partial charge in [-0.15, -0.1) is 0 Å². The third-order valence-electron chi connectivity index (χ3n) is 3.24. The van der Waals surface area contributed by atoms with Crippen LogP contribution in [0.2, 0.25) is 0 Å². The lowest BCUT2D eigenvalue weighted by Gasteiger charge is -2.19. The van der Waals surface area contributed by atoms with Crippen molar-refractivity contribution in [2.75, 3.05) is 24.2 Å². The Morgan fingerprint density at radius 1 is 1.15 bits per heavy atom. The van der Waals surface area contributed by atoms with Crippen LogP contribution in [0.3, 0.4) is 0 Å². The number of anilines is 2. The number of nitrogen functional groups attached to an aromatic ring is 1. The Kier molecular flexibility index (Phi) is 4.56. The Morgan fingerprint density at radius 2 is 1.85 bits per heavy atom. The zero-order valence-electron chi connectivity index (χ0n) is 12.4. The fourth-order valence-electron chi connectivity index (χ4n) is 1.98. The number of hydrogen-bond donors (Lipinski definition) is 1. The van der Waals surface area contributed by atoms with E-state index in [9.17, 15) is 0 Å². The zero-order valence-corrected chi connectivity index (χ0v) is 12.4. The van der Waals surface area contributed by atoms with E-state index in [1.807, 2.05) is 19.2 Å². The van der Waals surface area contributed by atoms with Crippen molar-refractivity contribution in [2.45, 2.75) is 26.2 Å². The summed E-state index contributed by atoms with van der Waals surface area (Å²) in [7, 11) is 2.04. The van der Waals surface area contributed by atoms with Gasteiger partial charge in [-0.3, -0.25) is 0 Å². The molecule has 0 saturated carbocycles. The van der Waals surface area contributed by atoms with Crippen molar-refractivity contribution in [3.05, 3.63) is 47.8 Å². The van der Waals surface area contributed by atoms with E-state index < -0.39 is 0 Å². The Labute approximate surface area is 120 Å². The van der Waals surface area contributed by atoms with E-state index in [1.54, 1.807) is 0 Å². The third kappa shape index (κ3) is 3.70. The molecule has 0 aliphatic carbocycles. The Hall–Kier alpha value is -2.10. The molecular weight excluding hydrogens is 248 g/mol. The molecule has 0 aliphatic rings. The first-order valence-corrected chi connectivity index (χ1v) is 6.96. The van der Waals surface area contributed by atoms with Crippen LogP contribution in [0.4, 0.5) is 11.6 Å². The van der Waals surface area contributed by atoms with Gasteiger partial charge in [0, 0.05) is 25.6 Å². The zero-order chi connectivity index (χ0) is 14.5. The molecule has 1 aromatic heterocycles. The summed E-state index contributed by atoms with van der Waals surface area (Å²) in [5.41, 5.74) is 7.19. The SMILES string of the molecule is CC(C)c1nc(N)cc(N(C)CCc2ccccc2)n1. The molecule has 0 aliphatic heterocycles. The molecule has 2 aromatic rings. The molecule has 0 radical (unpaired) electrons. The van der Waals surface area contributed by atoms with Crippen LogP contribution in [-0.2, 0) is 6.42 Å². The molecule has 1 aromatic carbocycles. The molecule has 2 N–H and O–H groups in total. The van der Waals surface area contributed by atoms with E-state index in [-0.39, 0.29) is 5.92 Å². The van der Waals surface area contributed by atoms with Crippen molar-refractivity contribution in [1.82, 2.24) is 9.97 Å². The van der Waals surface area contributed by atoms with Crippen molar-refractivity contribution in [2.24, 2.45) is 0 Å². The minimum absolute atomic E-state index is 0.278. The highest BCUT2D eigenvalue weighted by Gasteiger charge is 2.09. The molecular formula is C16H22N4. The first-order chi connectivity index (χ1) is 9.56. The molecule has 2 rings (SSSR count). The summed E-state index contributed by atoms with van der Waals surface area (Å²) in [5, 5.41) is 0. The van der Waals surface area contributed by atoms with Gasteiger partial charge in [0.25, 0.3) is 0 Å². The van der Waals surface area contributed by atoms with Crippen molar-refractivity contribution >= 4 is 11.6 Å². The van der Waals surface area contributed by atoms with Gasteiger partial charge in [-0.05, 0) is 12.0 Å². The van der Waals surface area contributed by atoms with Gasteiger partial charge in [0.15, 0.2) is 0 Å². The normalized spacial score (nSPS) is 10.8. The van der Waals surface area contributed by atoms with Crippen LogP contribution < -0.4 is 10.6 Å². The summed E-state index contributed by atoms with van der Waals surface area (Å²) >= 11 is 0.